The number of rotatable bonds is 4. The Hall–Kier alpha value is -2.71. The summed E-state index contributed by atoms with van der Waals surface area (Å²) < 4.78 is 45.0. The molecule has 1 aromatic heterocycles. The van der Waals surface area contributed by atoms with E-state index in [1.807, 2.05) is 0 Å². The number of halogens is 3. The Morgan fingerprint density at radius 2 is 2.12 bits per heavy atom. The third kappa shape index (κ3) is 2.77. The van der Waals surface area contributed by atoms with E-state index in [2.05, 4.69) is 4.98 Å². The fraction of sp³-hybridized carbons (Fsp3) is 0.412. The molecule has 0 bridgehead atoms. The minimum Gasteiger partial charge on any atom is -0.496 e. The van der Waals surface area contributed by atoms with E-state index >= 15 is 0 Å². The van der Waals surface area contributed by atoms with Gasteiger partial charge in [0.15, 0.2) is 5.41 Å². The first-order chi connectivity index (χ1) is 12.2. The van der Waals surface area contributed by atoms with E-state index in [0.29, 0.717) is 16.7 Å². The van der Waals surface area contributed by atoms with Crippen molar-refractivity contribution in [2.75, 3.05) is 20.2 Å². The van der Waals surface area contributed by atoms with Crippen LogP contribution in [0.2, 0.25) is 0 Å². The van der Waals surface area contributed by atoms with Gasteiger partial charge in [-0.3, -0.25) is 9.59 Å². The Balaban J connectivity index is 1.83. The average Bonchev–Trinajstić information content (AvgIpc) is 3.19. The molecule has 2 N–H and O–H groups in total. The highest BCUT2D eigenvalue weighted by molar-refractivity contribution is 5.93. The van der Waals surface area contributed by atoms with E-state index in [1.54, 1.807) is 24.4 Å². The first kappa shape index (κ1) is 18.1. The van der Waals surface area contributed by atoms with Crippen LogP contribution in [0.3, 0.4) is 0 Å². The number of carbonyl (C=O) groups is 2. The number of hydrogen-bond acceptors (Lipinski definition) is 3. The average molecular weight is 370 g/mol. The summed E-state index contributed by atoms with van der Waals surface area (Å²) >= 11 is 0. The van der Waals surface area contributed by atoms with Gasteiger partial charge in [0.05, 0.1) is 13.5 Å². The lowest BCUT2D eigenvalue weighted by atomic mass is 9.86. The van der Waals surface area contributed by atoms with Crippen LogP contribution in [0, 0.1) is 5.41 Å². The zero-order valence-corrected chi connectivity index (χ0v) is 13.9. The number of carbonyl (C=O) groups excluding carboxylic acids is 1. The van der Waals surface area contributed by atoms with E-state index < -0.39 is 36.4 Å². The number of aromatic nitrogens is 1. The van der Waals surface area contributed by atoms with Gasteiger partial charge in [0.25, 0.3) is 0 Å². The lowest BCUT2D eigenvalue weighted by molar-refractivity contribution is -0.227. The number of nitrogens with zero attached hydrogens (tertiary/aromatic N) is 1. The van der Waals surface area contributed by atoms with Crippen molar-refractivity contribution >= 4 is 22.8 Å². The maximum atomic E-state index is 13.2. The van der Waals surface area contributed by atoms with Crippen molar-refractivity contribution in [3.8, 4) is 5.75 Å². The van der Waals surface area contributed by atoms with E-state index in [4.69, 9.17) is 9.84 Å². The number of alkyl halides is 3. The summed E-state index contributed by atoms with van der Waals surface area (Å²) in [5.74, 6) is -1.96. The smallest absolute Gasteiger partial charge is 0.406 e. The van der Waals surface area contributed by atoms with Crippen molar-refractivity contribution in [3.63, 3.8) is 0 Å². The Morgan fingerprint density at radius 3 is 2.69 bits per heavy atom. The molecule has 0 saturated carbocycles. The summed E-state index contributed by atoms with van der Waals surface area (Å²) in [5.41, 5.74) is -1.58. The molecule has 6 nitrogen and oxygen atoms in total. The Kier molecular flexibility index (Phi) is 4.33. The number of H-pyrrole nitrogens is 1. The van der Waals surface area contributed by atoms with Gasteiger partial charge in [-0.1, -0.05) is 6.07 Å². The number of nitrogens with one attached hydrogen (secondary N) is 1. The van der Waals surface area contributed by atoms with Crippen molar-refractivity contribution in [2.45, 2.75) is 19.0 Å². The molecule has 1 aliphatic heterocycles. The molecule has 1 amide bonds. The molecule has 1 unspecified atom stereocenters. The van der Waals surface area contributed by atoms with Crippen LogP contribution in [0.15, 0.2) is 24.4 Å². The molecule has 9 heteroatoms. The zero-order valence-electron chi connectivity index (χ0n) is 13.9. The molecular formula is C17H17F3N2O4. The minimum atomic E-state index is -4.92. The molecule has 0 aliphatic carbocycles. The van der Waals surface area contributed by atoms with Crippen LogP contribution >= 0.6 is 0 Å². The monoisotopic (exact) mass is 370 g/mol. The summed E-state index contributed by atoms with van der Waals surface area (Å²) in [6, 6.07) is 5.29. The molecule has 1 atom stereocenters. The second-order valence-electron chi connectivity index (χ2n) is 6.32. The maximum Gasteiger partial charge on any atom is 0.406 e. The highest BCUT2D eigenvalue weighted by Gasteiger charge is 2.64. The predicted molar refractivity (Wildman–Crippen MR) is 85.9 cm³/mol. The van der Waals surface area contributed by atoms with Gasteiger partial charge in [-0.25, -0.2) is 0 Å². The van der Waals surface area contributed by atoms with Gasteiger partial charge in [0.1, 0.15) is 5.75 Å². The van der Waals surface area contributed by atoms with E-state index in [1.165, 1.54) is 7.11 Å². The van der Waals surface area contributed by atoms with Crippen molar-refractivity contribution in [1.29, 1.82) is 0 Å². The maximum absolute atomic E-state index is 13.2. The van der Waals surface area contributed by atoms with Crippen molar-refractivity contribution in [1.82, 2.24) is 9.88 Å². The summed E-state index contributed by atoms with van der Waals surface area (Å²) in [4.78, 5) is 27.7. The predicted octanol–water partition coefficient (Wildman–Crippen LogP) is 2.58. The number of benzene rings is 1. The molecule has 2 aromatic rings. The molecular weight excluding hydrogens is 353 g/mol. The molecule has 140 valence electrons. The van der Waals surface area contributed by atoms with E-state index in [9.17, 15) is 22.8 Å². The van der Waals surface area contributed by atoms with Crippen LogP contribution in [-0.2, 0) is 16.0 Å². The summed E-state index contributed by atoms with van der Waals surface area (Å²) in [7, 11) is 1.48. The topological polar surface area (TPSA) is 82.6 Å². The molecule has 1 aromatic carbocycles. The Morgan fingerprint density at radius 1 is 1.38 bits per heavy atom. The number of fused-ring (bicyclic) bond motifs is 1. The van der Waals surface area contributed by atoms with E-state index in [0.717, 1.165) is 10.4 Å². The minimum absolute atomic E-state index is 0.145. The van der Waals surface area contributed by atoms with Crippen molar-refractivity contribution in [2.24, 2.45) is 5.41 Å². The third-order valence-electron chi connectivity index (χ3n) is 4.88. The summed E-state index contributed by atoms with van der Waals surface area (Å²) in [6.45, 7) is -1.12. The number of aromatic amines is 1. The fourth-order valence-electron chi connectivity index (χ4n) is 3.35. The quantitative estimate of drug-likeness (QED) is 0.867. The van der Waals surface area contributed by atoms with E-state index in [-0.39, 0.29) is 13.0 Å². The van der Waals surface area contributed by atoms with Gasteiger partial charge >= 0.3 is 12.1 Å². The second-order valence-corrected chi connectivity index (χ2v) is 6.32. The number of amides is 1. The number of carboxylic acid groups (broad SMARTS) is 1. The van der Waals surface area contributed by atoms with Crippen LogP contribution < -0.4 is 4.74 Å². The van der Waals surface area contributed by atoms with Gasteiger partial charge in [-0.05, 0) is 24.1 Å². The molecule has 1 fully saturated rings. The highest BCUT2D eigenvalue weighted by atomic mass is 19.4. The Bertz CT molecular complexity index is 861. The van der Waals surface area contributed by atoms with Crippen LogP contribution in [0.25, 0.3) is 10.9 Å². The van der Waals surface area contributed by atoms with Gasteiger partial charge in [0.2, 0.25) is 5.91 Å². The summed E-state index contributed by atoms with van der Waals surface area (Å²) in [6.07, 6.45) is -4.10. The van der Waals surface area contributed by atoms with Gasteiger partial charge in [-0.2, -0.15) is 13.2 Å². The first-order valence-corrected chi connectivity index (χ1v) is 7.90. The molecule has 0 spiro atoms. The number of ether oxygens (including phenoxy) is 1. The van der Waals surface area contributed by atoms with Crippen molar-refractivity contribution in [3.05, 3.63) is 30.0 Å². The molecule has 1 aliphatic rings. The van der Waals surface area contributed by atoms with Crippen LogP contribution in [-0.4, -0.2) is 53.2 Å². The molecule has 1 saturated heterocycles. The normalized spacial score (nSPS) is 20.5. The molecule has 0 radical (unpaired) electrons. The highest BCUT2D eigenvalue weighted by Crippen LogP contribution is 2.45. The van der Waals surface area contributed by atoms with Gasteiger partial charge < -0.3 is 19.7 Å². The van der Waals surface area contributed by atoms with Gasteiger partial charge in [0, 0.05) is 30.2 Å². The zero-order chi connectivity index (χ0) is 19.1. The fourth-order valence-corrected chi connectivity index (χ4v) is 3.35. The molecule has 26 heavy (non-hydrogen) atoms. The van der Waals surface area contributed by atoms with Crippen LogP contribution in [0.4, 0.5) is 13.2 Å². The van der Waals surface area contributed by atoms with Crippen LogP contribution in [0.5, 0.6) is 5.75 Å². The first-order valence-electron chi connectivity index (χ1n) is 7.90. The lowest BCUT2D eigenvalue weighted by Crippen LogP contribution is -2.47. The summed E-state index contributed by atoms with van der Waals surface area (Å²) in [5, 5.41) is 9.77. The molecule has 3 rings (SSSR count). The standard InChI is InChI=1S/C17H17F3N2O4/c1-26-12-4-2-3-11-14(12)10(8-21-11)7-13(23)22-6-5-16(9-22,15(24)25)17(18,19)20/h2-4,8,21H,5-7,9H2,1H3,(H,24,25). The number of hydrogen-bond donors (Lipinski definition) is 2. The number of methoxy groups -OCH3 is 1. The third-order valence-corrected chi connectivity index (χ3v) is 4.88. The van der Waals surface area contributed by atoms with Gasteiger partial charge in [-0.15, -0.1) is 0 Å². The second kappa shape index (κ2) is 6.22. The largest absolute Gasteiger partial charge is 0.496 e. The molecule has 2 heterocycles. The SMILES string of the molecule is COc1cccc2[nH]cc(CC(=O)N3CCC(C(=O)O)(C(F)(F)F)C3)c12. The van der Waals surface area contributed by atoms with Crippen LogP contribution in [0.1, 0.15) is 12.0 Å². The number of likely N-dealkylation sites (tertiary alicyclic amines) is 1. The number of carboxylic acids is 1. The Labute approximate surface area is 146 Å². The van der Waals surface area contributed by atoms with Crippen molar-refractivity contribution < 1.29 is 32.6 Å². The number of aliphatic carboxylic acids is 1. The lowest BCUT2D eigenvalue weighted by Gasteiger charge is -2.27.